The first kappa shape index (κ1) is 11.9. The van der Waals surface area contributed by atoms with Crippen molar-refractivity contribution in [2.24, 2.45) is 0 Å². The van der Waals surface area contributed by atoms with E-state index in [4.69, 9.17) is 9.52 Å². The van der Waals surface area contributed by atoms with Crippen molar-refractivity contribution in [3.8, 4) is 0 Å². The Morgan fingerprint density at radius 1 is 1.17 bits per heavy atom. The predicted octanol–water partition coefficient (Wildman–Crippen LogP) is 1.84. The normalized spacial score (nSPS) is 11.8. The van der Waals surface area contributed by atoms with Gasteiger partial charge in [0.2, 0.25) is 0 Å². The monoisotopic (exact) mass is 245 g/mol. The van der Waals surface area contributed by atoms with Crippen LogP contribution in [-0.4, -0.2) is 17.0 Å². The van der Waals surface area contributed by atoms with Crippen molar-refractivity contribution in [3.63, 3.8) is 0 Å². The SMILES string of the molecule is O=C(N[C@H](C(=O)O)c1ccccc1)c1ccoc1. The number of furan rings is 1. The molecule has 0 saturated carbocycles. The van der Waals surface area contributed by atoms with Crippen LogP contribution in [0.5, 0.6) is 0 Å². The summed E-state index contributed by atoms with van der Waals surface area (Å²) in [5, 5.41) is 11.6. The summed E-state index contributed by atoms with van der Waals surface area (Å²) < 4.78 is 4.78. The van der Waals surface area contributed by atoms with E-state index in [1.807, 2.05) is 0 Å². The number of benzene rings is 1. The number of carboxylic acid groups (broad SMARTS) is 1. The number of carbonyl (C=O) groups excluding carboxylic acids is 1. The number of hydrogen-bond donors (Lipinski definition) is 2. The molecule has 5 heteroatoms. The smallest absolute Gasteiger partial charge is 0.330 e. The highest BCUT2D eigenvalue weighted by Gasteiger charge is 2.22. The van der Waals surface area contributed by atoms with Gasteiger partial charge in [0.15, 0.2) is 6.04 Å². The molecule has 1 aromatic carbocycles. The summed E-state index contributed by atoms with van der Waals surface area (Å²) in [6.07, 6.45) is 2.62. The summed E-state index contributed by atoms with van der Waals surface area (Å²) in [5.74, 6) is -1.60. The summed E-state index contributed by atoms with van der Waals surface area (Å²) in [6, 6.07) is 8.90. The summed E-state index contributed by atoms with van der Waals surface area (Å²) in [7, 11) is 0. The maximum absolute atomic E-state index is 11.8. The molecule has 2 rings (SSSR count). The molecule has 0 aliphatic heterocycles. The molecular formula is C13H11NO4. The number of hydrogen-bond acceptors (Lipinski definition) is 3. The molecule has 1 heterocycles. The average Bonchev–Trinajstić information content (AvgIpc) is 2.90. The predicted molar refractivity (Wildman–Crippen MR) is 63.0 cm³/mol. The zero-order valence-electron chi connectivity index (χ0n) is 9.37. The van der Waals surface area contributed by atoms with Crippen molar-refractivity contribution in [2.45, 2.75) is 6.04 Å². The summed E-state index contributed by atoms with van der Waals surface area (Å²) in [6.45, 7) is 0. The van der Waals surface area contributed by atoms with E-state index in [2.05, 4.69) is 5.32 Å². The fourth-order valence-electron chi connectivity index (χ4n) is 1.54. The highest BCUT2D eigenvalue weighted by molar-refractivity contribution is 5.96. The lowest BCUT2D eigenvalue weighted by Crippen LogP contribution is -2.33. The van der Waals surface area contributed by atoms with Crippen LogP contribution in [0.1, 0.15) is 22.0 Å². The van der Waals surface area contributed by atoms with Gasteiger partial charge in [-0.25, -0.2) is 4.79 Å². The Kier molecular flexibility index (Phi) is 3.43. The van der Waals surface area contributed by atoms with Crippen molar-refractivity contribution in [1.29, 1.82) is 0 Å². The molecule has 1 aromatic heterocycles. The van der Waals surface area contributed by atoms with Gasteiger partial charge in [0, 0.05) is 0 Å². The Bertz CT molecular complexity index is 533. The molecule has 0 aliphatic carbocycles. The van der Waals surface area contributed by atoms with Gasteiger partial charge in [0.25, 0.3) is 5.91 Å². The van der Waals surface area contributed by atoms with Crippen LogP contribution in [0.4, 0.5) is 0 Å². The third-order valence-corrected chi connectivity index (χ3v) is 2.44. The van der Waals surface area contributed by atoms with Crippen LogP contribution in [-0.2, 0) is 4.79 Å². The molecule has 1 amide bonds. The molecule has 1 atom stereocenters. The van der Waals surface area contributed by atoms with Crippen LogP contribution in [0.25, 0.3) is 0 Å². The van der Waals surface area contributed by atoms with Gasteiger partial charge in [-0.15, -0.1) is 0 Å². The van der Waals surface area contributed by atoms with Crippen LogP contribution in [0, 0.1) is 0 Å². The van der Waals surface area contributed by atoms with Gasteiger partial charge in [0.05, 0.1) is 11.8 Å². The molecule has 5 nitrogen and oxygen atoms in total. The van der Waals surface area contributed by atoms with Gasteiger partial charge in [0.1, 0.15) is 6.26 Å². The standard InChI is InChI=1S/C13H11NO4/c15-12(10-6-7-18-8-10)14-11(13(16)17)9-4-2-1-3-5-9/h1-8,11H,(H,14,15)(H,16,17)/t11-/m0/s1. The number of carbonyl (C=O) groups is 2. The molecule has 2 aromatic rings. The van der Waals surface area contributed by atoms with Crippen LogP contribution in [0.3, 0.4) is 0 Å². The number of amides is 1. The number of rotatable bonds is 4. The van der Waals surface area contributed by atoms with Crippen LogP contribution < -0.4 is 5.32 Å². The third-order valence-electron chi connectivity index (χ3n) is 2.44. The maximum atomic E-state index is 11.8. The van der Waals surface area contributed by atoms with E-state index in [9.17, 15) is 9.59 Å². The third kappa shape index (κ3) is 2.57. The largest absolute Gasteiger partial charge is 0.479 e. The van der Waals surface area contributed by atoms with Gasteiger partial charge < -0.3 is 14.8 Å². The van der Waals surface area contributed by atoms with E-state index in [0.717, 1.165) is 0 Å². The fraction of sp³-hybridized carbons (Fsp3) is 0.0769. The molecule has 0 spiro atoms. The number of nitrogens with one attached hydrogen (secondary N) is 1. The molecule has 0 fully saturated rings. The first-order chi connectivity index (χ1) is 8.68. The maximum Gasteiger partial charge on any atom is 0.330 e. The Balaban J connectivity index is 2.18. The molecular weight excluding hydrogens is 234 g/mol. The molecule has 0 aliphatic rings. The summed E-state index contributed by atoms with van der Waals surface area (Å²) in [4.78, 5) is 22.9. The molecule has 0 radical (unpaired) electrons. The summed E-state index contributed by atoms with van der Waals surface area (Å²) >= 11 is 0. The van der Waals surface area contributed by atoms with Crippen molar-refractivity contribution in [3.05, 3.63) is 60.1 Å². The van der Waals surface area contributed by atoms with Crippen LogP contribution in [0.15, 0.2) is 53.3 Å². The second-order valence-corrected chi connectivity index (χ2v) is 3.67. The highest BCUT2D eigenvalue weighted by Crippen LogP contribution is 2.13. The lowest BCUT2D eigenvalue weighted by atomic mass is 10.1. The zero-order valence-corrected chi connectivity index (χ0v) is 9.37. The Labute approximate surface area is 103 Å². The van der Waals surface area contributed by atoms with Crippen molar-refractivity contribution < 1.29 is 19.1 Å². The van der Waals surface area contributed by atoms with E-state index in [-0.39, 0.29) is 5.56 Å². The second kappa shape index (κ2) is 5.18. The molecule has 0 unspecified atom stereocenters. The van der Waals surface area contributed by atoms with E-state index in [1.165, 1.54) is 18.6 Å². The van der Waals surface area contributed by atoms with Crippen molar-refractivity contribution in [1.82, 2.24) is 5.32 Å². The molecule has 18 heavy (non-hydrogen) atoms. The Hall–Kier alpha value is -2.56. The number of carboxylic acids is 1. The van der Waals surface area contributed by atoms with Gasteiger partial charge >= 0.3 is 5.97 Å². The summed E-state index contributed by atoms with van der Waals surface area (Å²) in [5.41, 5.74) is 0.805. The minimum Gasteiger partial charge on any atom is -0.479 e. The van der Waals surface area contributed by atoms with E-state index in [1.54, 1.807) is 30.3 Å². The fourth-order valence-corrected chi connectivity index (χ4v) is 1.54. The average molecular weight is 245 g/mol. The zero-order chi connectivity index (χ0) is 13.0. The van der Waals surface area contributed by atoms with E-state index < -0.39 is 17.9 Å². The van der Waals surface area contributed by atoms with Gasteiger partial charge in [-0.1, -0.05) is 30.3 Å². The number of aliphatic carboxylic acids is 1. The van der Waals surface area contributed by atoms with Crippen molar-refractivity contribution in [2.75, 3.05) is 0 Å². The first-order valence-electron chi connectivity index (χ1n) is 5.29. The van der Waals surface area contributed by atoms with Crippen molar-refractivity contribution >= 4 is 11.9 Å². The lowest BCUT2D eigenvalue weighted by molar-refractivity contribution is -0.139. The highest BCUT2D eigenvalue weighted by atomic mass is 16.4. The molecule has 0 saturated heterocycles. The molecule has 2 N–H and O–H groups in total. The van der Waals surface area contributed by atoms with Gasteiger partial charge in [-0.2, -0.15) is 0 Å². The van der Waals surface area contributed by atoms with Gasteiger partial charge in [-0.3, -0.25) is 4.79 Å². The Morgan fingerprint density at radius 3 is 2.44 bits per heavy atom. The van der Waals surface area contributed by atoms with Gasteiger partial charge in [-0.05, 0) is 11.6 Å². The molecule has 0 bridgehead atoms. The van der Waals surface area contributed by atoms with Crippen LogP contribution in [0.2, 0.25) is 0 Å². The van der Waals surface area contributed by atoms with E-state index >= 15 is 0 Å². The second-order valence-electron chi connectivity index (χ2n) is 3.67. The van der Waals surface area contributed by atoms with Crippen LogP contribution >= 0.6 is 0 Å². The first-order valence-corrected chi connectivity index (χ1v) is 5.29. The quantitative estimate of drug-likeness (QED) is 0.861. The molecule has 92 valence electrons. The minimum atomic E-state index is -1.11. The lowest BCUT2D eigenvalue weighted by Gasteiger charge is -2.14. The minimum absolute atomic E-state index is 0.289. The Morgan fingerprint density at radius 2 is 1.89 bits per heavy atom. The topological polar surface area (TPSA) is 79.5 Å². The van der Waals surface area contributed by atoms with E-state index in [0.29, 0.717) is 5.56 Å².